The Morgan fingerprint density at radius 3 is 2.38 bits per heavy atom. The van der Waals surface area contributed by atoms with E-state index in [1.165, 1.54) is 0 Å². The van der Waals surface area contributed by atoms with Crippen LogP contribution >= 0.6 is 0 Å². The summed E-state index contributed by atoms with van der Waals surface area (Å²) in [6.07, 6.45) is 1.08. The lowest BCUT2D eigenvalue weighted by atomic mass is 10.0. The topological polar surface area (TPSA) is 20.3 Å². The Bertz CT molecular complexity index is 321. The lowest BCUT2D eigenvalue weighted by Crippen LogP contribution is -2.39. The van der Waals surface area contributed by atoms with Gasteiger partial charge in [-0.15, -0.1) is 0 Å². The first-order valence-electron chi connectivity index (χ1n) is 6.04. The third-order valence-corrected chi connectivity index (χ3v) is 2.90. The summed E-state index contributed by atoms with van der Waals surface area (Å²) in [5, 5.41) is 0. The summed E-state index contributed by atoms with van der Waals surface area (Å²) in [4.78, 5) is 14.4. The van der Waals surface area contributed by atoms with Crippen molar-refractivity contribution in [1.82, 2.24) is 4.90 Å². The van der Waals surface area contributed by atoms with Gasteiger partial charge in [0.25, 0.3) is 0 Å². The molecule has 0 radical (unpaired) electrons. The van der Waals surface area contributed by atoms with Gasteiger partial charge in [0.1, 0.15) is 0 Å². The Labute approximate surface area is 98.3 Å². The van der Waals surface area contributed by atoms with Crippen molar-refractivity contribution in [2.45, 2.75) is 33.2 Å². The summed E-state index contributed by atoms with van der Waals surface area (Å²) in [7, 11) is 0. The first-order chi connectivity index (χ1) is 7.70. The molecular formula is C14H21NO. The summed E-state index contributed by atoms with van der Waals surface area (Å²) in [6.45, 7) is 8.14. The standard InChI is InChI=1S/C14H21NO/c1-4-11-15(5-2)12(3)14(16)13-9-7-6-8-10-13/h6-10,12H,4-5,11H2,1-3H3. The highest BCUT2D eigenvalue weighted by Crippen LogP contribution is 2.09. The van der Waals surface area contributed by atoms with E-state index in [9.17, 15) is 4.79 Å². The molecule has 1 rings (SSSR count). The van der Waals surface area contributed by atoms with Crippen LogP contribution in [-0.2, 0) is 0 Å². The van der Waals surface area contributed by atoms with Crippen LogP contribution in [0.4, 0.5) is 0 Å². The Balaban J connectivity index is 2.73. The van der Waals surface area contributed by atoms with Crippen LogP contribution in [0.1, 0.15) is 37.6 Å². The number of nitrogens with zero attached hydrogens (tertiary/aromatic N) is 1. The number of carbonyl (C=O) groups is 1. The van der Waals surface area contributed by atoms with Crippen LogP contribution in [0.25, 0.3) is 0 Å². The minimum absolute atomic E-state index is 0.0210. The summed E-state index contributed by atoms with van der Waals surface area (Å²) >= 11 is 0. The Hall–Kier alpha value is -1.15. The molecule has 0 amide bonds. The van der Waals surface area contributed by atoms with E-state index >= 15 is 0 Å². The van der Waals surface area contributed by atoms with Gasteiger partial charge in [0.15, 0.2) is 5.78 Å². The van der Waals surface area contributed by atoms with Gasteiger partial charge in [-0.3, -0.25) is 9.69 Å². The fraction of sp³-hybridized carbons (Fsp3) is 0.500. The zero-order valence-electron chi connectivity index (χ0n) is 10.4. The SMILES string of the molecule is CCCN(CC)C(C)C(=O)c1ccccc1. The second-order valence-corrected chi connectivity index (χ2v) is 4.03. The van der Waals surface area contributed by atoms with Crippen LogP contribution in [0.2, 0.25) is 0 Å². The molecule has 0 bridgehead atoms. The summed E-state index contributed by atoms with van der Waals surface area (Å²) < 4.78 is 0. The van der Waals surface area contributed by atoms with Crippen molar-refractivity contribution in [3.8, 4) is 0 Å². The van der Waals surface area contributed by atoms with Crippen LogP contribution in [0.15, 0.2) is 30.3 Å². The summed E-state index contributed by atoms with van der Waals surface area (Å²) in [5.41, 5.74) is 0.810. The molecular weight excluding hydrogens is 198 g/mol. The first kappa shape index (κ1) is 12.9. The summed E-state index contributed by atoms with van der Waals surface area (Å²) in [6, 6.07) is 9.52. The highest BCUT2D eigenvalue weighted by atomic mass is 16.1. The molecule has 1 aromatic rings. The van der Waals surface area contributed by atoms with Gasteiger partial charge in [-0.25, -0.2) is 0 Å². The van der Waals surface area contributed by atoms with E-state index in [-0.39, 0.29) is 11.8 Å². The van der Waals surface area contributed by atoms with E-state index in [0.717, 1.165) is 25.1 Å². The molecule has 0 spiro atoms. The monoisotopic (exact) mass is 219 g/mol. The molecule has 0 aliphatic rings. The van der Waals surface area contributed by atoms with Gasteiger partial charge in [-0.05, 0) is 26.4 Å². The minimum Gasteiger partial charge on any atom is -0.294 e. The molecule has 0 fully saturated rings. The Morgan fingerprint density at radius 1 is 1.25 bits per heavy atom. The van der Waals surface area contributed by atoms with Crippen molar-refractivity contribution < 1.29 is 4.79 Å². The van der Waals surface area contributed by atoms with Gasteiger partial charge < -0.3 is 0 Å². The first-order valence-corrected chi connectivity index (χ1v) is 6.04. The van der Waals surface area contributed by atoms with Crippen molar-refractivity contribution in [2.75, 3.05) is 13.1 Å². The van der Waals surface area contributed by atoms with Crippen LogP contribution in [-0.4, -0.2) is 29.8 Å². The van der Waals surface area contributed by atoms with E-state index in [2.05, 4.69) is 18.7 Å². The fourth-order valence-corrected chi connectivity index (χ4v) is 1.92. The molecule has 2 heteroatoms. The second kappa shape index (κ2) is 6.44. The highest BCUT2D eigenvalue weighted by molar-refractivity contribution is 5.99. The molecule has 0 saturated heterocycles. The van der Waals surface area contributed by atoms with Gasteiger partial charge in [0, 0.05) is 5.56 Å². The predicted octanol–water partition coefficient (Wildman–Crippen LogP) is 2.99. The molecule has 0 aliphatic carbocycles. The third kappa shape index (κ3) is 3.17. The number of likely N-dealkylation sites (N-methyl/N-ethyl adjacent to an activating group) is 1. The molecule has 88 valence electrons. The molecule has 16 heavy (non-hydrogen) atoms. The normalized spacial score (nSPS) is 12.8. The van der Waals surface area contributed by atoms with Crippen molar-refractivity contribution in [3.05, 3.63) is 35.9 Å². The number of ketones is 1. The third-order valence-electron chi connectivity index (χ3n) is 2.90. The zero-order valence-corrected chi connectivity index (χ0v) is 10.4. The van der Waals surface area contributed by atoms with Crippen molar-refractivity contribution in [1.29, 1.82) is 0 Å². The Morgan fingerprint density at radius 2 is 1.88 bits per heavy atom. The average molecular weight is 219 g/mol. The largest absolute Gasteiger partial charge is 0.294 e. The molecule has 1 unspecified atom stereocenters. The number of rotatable bonds is 6. The molecule has 0 saturated carbocycles. The van der Waals surface area contributed by atoms with Crippen LogP contribution in [0, 0.1) is 0 Å². The molecule has 0 aromatic heterocycles. The van der Waals surface area contributed by atoms with Crippen LogP contribution in [0.3, 0.4) is 0 Å². The van der Waals surface area contributed by atoms with Gasteiger partial charge in [0.2, 0.25) is 0 Å². The Kier molecular flexibility index (Phi) is 5.20. The lowest BCUT2D eigenvalue weighted by molar-refractivity contribution is 0.0845. The fourth-order valence-electron chi connectivity index (χ4n) is 1.92. The maximum absolute atomic E-state index is 12.2. The molecule has 1 aromatic carbocycles. The van der Waals surface area contributed by atoms with Gasteiger partial charge in [-0.1, -0.05) is 44.2 Å². The maximum atomic E-state index is 12.2. The highest BCUT2D eigenvalue weighted by Gasteiger charge is 2.20. The van der Waals surface area contributed by atoms with E-state index in [1.54, 1.807) is 0 Å². The van der Waals surface area contributed by atoms with Gasteiger partial charge >= 0.3 is 0 Å². The zero-order chi connectivity index (χ0) is 12.0. The molecule has 0 N–H and O–H groups in total. The minimum atomic E-state index is -0.0210. The van der Waals surface area contributed by atoms with Crippen molar-refractivity contribution in [2.24, 2.45) is 0 Å². The smallest absolute Gasteiger partial charge is 0.179 e. The number of benzene rings is 1. The lowest BCUT2D eigenvalue weighted by Gasteiger charge is -2.26. The van der Waals surface area contributed by atoms with Crippen molar-refractivity contribution in [3.63, 3.8) is 0 Å². The quantitative estimate of drug-likeness (QED) is 0.685. The van der Waals surface area contributed by atoms with Crippen LogP contribution < -0.4 is 0 Å². The molecule has 0 heterocycles. The van der Waals surface area contributed by atoms with Gasteiger partial charge in [-0.2, -0.15) is 0 Å². The predicted molar refractivity (Wildman–Crippen MR) is 67.8 cm³/mol. The van der Waals surface area contributed by atoms with Gasteiger partial charge in [0.05, 0.1) is 6.04 Å². The van der Waals surface area contributed by atoms with Crippen molar-refractivity contribution >= 4 is 5.78 Å². The molecule has 1 atom stereocenters. The number of carbonyl (C=O) groups excluding carboxylic acids is 1. The van der Waals surface area contributed by atoms with E-state index < -0.39 is 0 Å². The number of hydrogen-bond donors (Lipinski definition) is 0. The van der Waals surface area contributed by atoms with Crippen LogP contribution in [0.5, 0.6) is 0 Å². The average Bonchev–Trinajstić information content (AvgIpc) is 2.35. The van der Waals surface area contributed by atoms with E-state index in [4.69, 9.17) is 0 Å². The second-order valence-electron chi connectivity index (χ2n) is 4.03. The maximum Gasteiger partial charge on any atom is 0.179 e. The van der Waals surface area contributed by atoms with E-state index in [0.29, 0.717) is 0 Å². The molecule has 0 aliphatic heterocycles. The number of hydrogen-bond acceptors (Lipinski definition) is 2. The summed E-state index contributed by atoms with van der Waals surface area (Å²) in [5.74, 6) is 0.218. The number of Topliss-reactive ketones (excluding diaryl/α,β-unsaturated/α-hetero) is 1. The van der Waals surface area contributed by atoms with E-state index in [1.807, 2.05) is 37.3 Å². The molecule has 2 nitrogen and oxygen atoms in total.